The van der Waals surface area contributed by atoms with Gasteiger partial charge in [-0.15, -0.1) is 11.3 Å². The lowest BCUT2D eigenvalue weighted by atomic mass is 9.84. The third-order valence-corrected chi connectivity index (χ3v) is 5.36. The lowest BCUT2D eigenvalue weighted by Gasteiger charge is -2.37. The number of benzene rings is 1. The molecule has 2 aromatic rings. The van der Waals surface area contributed by atoms with Crippen molar-refractivity contribution in [2.45, 2.75) is 18.9 Å². The highest BCUT2D eigenvalue weighted by molar-refractivity contribution is 7.10. The number of carbonyl (C=O) groups excluding carboxylic acids is 1. The van der Waals surface area contributed by atoms with Crippen LogP contribution < -0.4 is 0 Å². The fourth-order valence-corrected chi connectivity index (χ4v) is 4.11. The van der Waals surface area contributed by atoms with Crippen LogP contribution in [0.3, 0.4) is 0 Å². The van der Waals surface area contributed by atoms with Gasteiger partial charge in [0, 0.05) is 23.9 Å². The molecule has 0 unspecified atom stereocenters. The number of methoxy groups -OCH3 is 1. The van der Waals surface area contributed by atoms with Gasteiger partial charge in [0.05, 0.1) is 13.0 Å². The maximum Gasteiger partial charge on any atom is 0.309 e. The number of thiophene rings is 1. The van der Waals surface area contributed by atoms with E-state index < -0.39 is 0 Å². The van der Waals surface area contributed by atoms with E-state index in [0.29, 0.717) is 0 Å². The molecule has 1 fully saturated rings. The van der Waals surface area contributed by atoms with Crippen molar-refractivity contribution in [1.29, 1.82) is 0 Å². The highest BCUT2D eigenvalue weighted by Crippen LogP contribution is 2.36. The Morgan fingerprint density at radius 2 is 2.09 bits per heavy atom. The van der Waals surface area contributed by atoms with Gasteiger partial charge < -0.3 is 4.74 Å². The van der Waals surface area contributed by atoms with Gasteiger partial charge in [-0.3, -0.25) is 9.69 Å². The minimum Gasteiger partial charge on any atom is -0.469 e. The highest BCUT2D eigenvalue weighted by atomic mass is 32.1. The number of hydrogen-bond acceptors (Lipinski definition) is 4. The van der Waals surface area contributed by atoms with Gasteiger partial charge in [0.1, 0.15) is 0 Å². The van der Waals surface area contributed by atoms with E-state index in [1.54, 1.807) is 11.3 Å². The Labute approximate surface area is 135 Å². The van der Waals surface area contributed by atoms with Gasteiger partial charge in [-0.2, -0.15) is 0 Å². The first-order valence-electron chi connectivity index (χ1n) is 7.65. The normalized spacial score (nSPS) is 22.4. The number of likely N-dealkylation sites (tertiary alicyclic amines) is 1. The summed E-state index contributed by atoms with van der Waals surface area (Å²) in [7, 11) is 1.49. The second kappa shape index (κ2) is 7.07. The summed E-state index contributed by atoms with van der Waals surface area (Å²) in [4.78, 5) is 15.8. The van der Waals surface area contributed by atoms with Crippen LogP contribution in [0.4, 0.5) is 0 Å². The van der Waals surface area contributed by atoms with Crippen molar-refractivity contribution in [1.82, 2.24) is 4.90 Å². The Morgan fingerprint density at radius 1 is 1.27 bits per heavy atom. The summed E-state index contributed by atoms with van der Waals surface area (Å²) in [6, 6.07) is 14.7. The van der Waals surface area contributed by atoms with Gasteiger partial charge in [-0.25, -0.2) is 0 Å². The van der Waals surface area contributed by atoms with E-state index in [-0.39, 0.29) is 17.8 Å². The second-order valence-corrected chi connectivity index (χ2v) is 6.74. The number of carbonyl (C=O) groups is 1. The summed E-state index contributed by atoms with van der Waals surface area (Å²) in [5.74, 6) is 0.151. The Balaban J connectivity index is 1.74. The van der Waals surface area contributed by atoms with Gasteiger partial charge >= 0.3 is 5.97 Å². The lowest BCUT2D eigenvalue weighted by molar-refractivity contribution is -0.147. The molecule has 3 rings (SSSR count). The predicted molar refractivity (Wildman–Crippen MR) is 88.9 cm³/mol. The maximum atomic E-state index is 12.1. The predicted octanol–water partition coefficient (Wildman–Crippen LogP) is 3.53. The second-order valence-electron chi connectivity index (χ2n) is 5.76. The fraction of sp³-hybridized carbons (Fsp3) is 0.389. The molecule has 3 nitrogen and oxygen atoms in total. The van der Waals surface area contributed by atoms with Crippen molar-refractivity contribution < 1.29 is 9.53 Å². The number of rotatable bonds is 4. The van der Waals surface area contributed by atoms with Gasteiger partial charge in [-0.1, -0.05) is 36.4 Å². The SMILES string of the molecule is COC(=O)[C@H]1CCN(Cc2ccccc2)C[C@H]1c1cccs1. The summed E-state index contributed by atoms with van der Waals surface area (Å²) < 4.78 is 5.02. The largest absolute Gasteiger partial charge is 0.469 e. The smallest absolute Gasteiger partial charge is 0.309 e. The molecule has 0 spiro atoms. The molecular formula is C18H21NO2S. The summed E-state index contributed by atoms with van der Waals surface area (Å²) in [5.41, 5.74) is 1.32. The Morgan fingerprint density at radius 3 is 2.77 bits per heavy atom. The Bertz CT molecular complexity index is 597. The molecule has 2 heterocycles. The van der Waals surface area contributed by atoms with E-state index in [1.807, 2.05) is 6.07 Å². The van der Waals surface area contributed by atoms with E-state index >= 15 is 0 Å². The quantitative estimate of drug-likeness (QED) is 0.809. The van der Waals surface area contributed by atoms with E-state index in [9.17, 15) is 4.79 Å². The van der Waals surface area contributed by atoms with Crippen LogP contribution in [0.2, 0.25) is 0 Å². The minimum absolute atomic E-state index is 0.0179. The molecule has 22 heavy (non-hydrogen) atoms. The van der Waals surface area contributed by atoms with Crippen LogP contribution in [0, 0.1) is 5.92 Å². The Hall–Kier alpha value is -1.65. The topological polar surface area (TPSA) is 29.5 Å². The first-order valence-corrected chi connectivity index (χ1v) is 8.53. The standard InChI is InChI=1S/C18H21NO2S/c1-21-18(20)15-9-10-19(12-14-6-3-2-4-7-14)13-16(15)17-8-5-11-22-17/h2-8,11,15-16H,9-10,12-13H2,1H3/t15-,16+/m0/s1. The van der Waals surface area contributed by atoms with Crippen LogP contribution in [-0.4, -0.2) is 31.1 Å². The number of piperidine rings is 1. The summed E-state index contributed by atoms with van der Waals surface area (Å²) >= 11 is 1.73. The average molecular weight is 315 g/mol. The molecule has 0 N–H and O–H groups in total. The van der Waals surface area contributed by atoms with Crippen molar-refractivity contribution in [3.63, 3.8) is 0 Å². The van der Waals surface area contributed by atoms with Gasteiger partial charge in [0.15, 0.2) is 0 Å². The van der Waals surface area contributed by atoms with Crippen LogP contribution >= 0.6 is 11.3 Å². The van der Waals surface area contributed by atoms with E-state index in [2.05, 4.69) is 46.7 Å². The number of ether oxygens (including phenoxy) is 1. The summed E-state index contributed by atoms with van der Waals surface area (Å²) in [5, 5.41) is 2.08. The molecule has 116 valence electrons. The Kier molecular flexibility index (Phi) is 4.90. The van der Waals surface area contributed by atoms with Crippen molar-refractivity contribution in [2.75, 3.05) is 20.2 Å². The van der Waals surface area contributed by atoms with E-state index in [4.69, 9.17) is 4.74 Å². The molecule has 4 heteroatoms. The maximum absolute atomic E-state index is 12.1. The third kappa shape index (κ3) is 3.39. The average Bonchev–Trinajstić information content (AvgIpc) is 3.09. The van der Waals surface area contributed by atoms with Crippen LogP contribution in [0.15, 0.2) is 47.8 Å². The first kappa shape index (κ1) is 15.3. The molecule has 2 atom stereocenters. The summed E-state index contributed by atoms with van der Waals surface area (Å²) in [6.45, 7) is 2.79. The number of esters is 1. The van der Waals surface area contributed by atoms with Gasteiger partial charge in [0.25, 0.3) is 0 Å². The fourth-order valence-electron chi connectivity index (χ4n) is 3.23. The highest BCUT2D eigenvalue weighted by Gasteiger charge is 2.36. The van der Waals surface area contributed by atoms with Crippen LogP contribution in [-0.2, 0) is 16.1 Å². The molecular weight excluding hydrogens is 294 g/mol. The zero-order chi connectivity index (χ0) is 15.4. The van der Waals surface area contributed by atoms with Crippen LogP contribution in [0.5, 0.6) is 0 Å². The number of nitrogens with zero attached hydrogens (tertiary/aromatic N) is 1. The monoisotopic (exact) mass is 315 g/mol. The molecule has 1 aromatic heterocycles. The zero-order valence-corrected chi connectivity index (χ0v) is 13.6. The molecule has 0 saturated carbocycles. The molecule has 0 aliphatic carbocycles. The molecule has 1 aromatic carbocycles. The molecule has 0 bridgehead atoms. The number of hydrogen-bond donors (Lipinski definition) is 0. The molecule has 1 aliphatic heterocycles. The van der Waals surface area contributed by atoms with Crippen molar-refractivity contribution in [3.8, 4) is 0 Å². The van der Waals surface area contributed by atoms with Crippen molar-refractivity contribution >= 4 is 17.3 Å². The summed E-state index contributed by atoms with van der Waals surface area (Å²) in [6.07, 6.45) is 0.863. The minimum atomic E-state index is -0.0715. The molecule has 1 saturated heterocycles. The van der Waals surface area contributed by atoms with Crippen LogP contribution in [0.1, 0.15) is 22.8 Å². The molecule has 1 aliphatic rings. The van der Waals surface area contributed by atoms with Crippen LogP contribution in [0.25, 0.3) is 0 Å². The van der Waals surface area contributed by atoms with E-state index in [1.165, 1.54) is 17.6 Å². The van der Waals surface area contributed by atoms with Crippen molar-refractivity contribution in [3.05, 3.63) is 58.3 Å². The van der Waals surface area contributed by atoms with Crippen molar-refractivity contribution in [2.24, 2.45) is 5.92 Å². The molecule has 0 amide bonds. The van der Waals surface area contributed by atoms with Gasteiger partial charge in [0.2, 0.25) is 0 Å². The molecule has 0 radical (unpaired) electrons. The van der Waals surface area contributed by atoms with Gasteiger partial charge in [-0.05, 0) is 30.0 Å². The van der Waals surface area contributed by atoms with E-state index in [0.717, 1.165) is 26.1 Å². The third-order valence-electron chi connectivity index (χ3n) is 4.36. The first-order chi connectivity index (χ1) is 10.8. The lowest BCUT2D eigenvalue weighted by Crippen LogP contribution is -2.41. The zero-order valence-electron chi connectivity index (χ0n) is 12.8.